The number of nitrogens with zero attached hydrogens (tertiary/aromatic N) is 3. The average molecular weight is 695 g/mol. The zero-order valence-electron chi connectivity index (χ0n) is 22.6. The second-order valence-electron chi connectivity index (χ2n) is 9.17. The molecule has 0 aliphatic carbocycles. The van der Waals surface area contributed by atoms with Crippen molar-refractivity contribution < 1.29 is 32.4 Å². The van der Waals surface area contributed by atoms with Crippen LogP contribution in [0.2, 0.25) is 15.1 Å². The van der Waals surface area contributed by atoms with E-state index in [2.05, 4.69) is 4.99 Å². The second-order valence-corrected chi connectivity index (χ2v) is 11.5. The zero-order valence-corrected chi connectivity index (χ0v) is 25.7. The molecule has 0 radical (unpaired) electrons. The van der Waals surface area contributed by atoms with Crippen LogP contribution in [0.4, 0.5) is 30.2 Å². The van der Waals surface area contributed by atoms with Crippen LogP contribution in [0, 0.1) is 10.1 Å². The predicted octanol–water partition coefficient (Wildman–Crippen LogP) is 10.2. The number of hydrogen-bond acceptors (Lipinski definition) is 7. The van der Waals surface area contributed by atoms with Gasteiger partial charge in [0.1, 0.15) is 0 Å². The first kappa shape index (κ1) is 32.2. The van der Waals surface area contributed by atoms with Gasteiger partial charge in [-0.05, 0) is 96.2 Å². The minimum absolute atomic E-state index is 0.00334. The van der Waals surface area contributed by atoms with Crippen LogP contribution in [0.1, 0.15) is 11.1 Å². The maximum atomic E-state index is 13.7. The lowest BCUT2D eigenvalue weighted by Crippen LogP contribution is -2.28. The zero-order chi connectivity index (χ0) is 32.5. The number of carbonyl (C=O) groups excluding carboxylic acids is 1. The summed E-state index contributed by atoms with van der Waals surface area (Å²) in [6.07, 6.45) is -3.26. The van der Waals surface area contributed by atoms with Crippen LogP contribution in [0.5, 0.6) is 17.2 Å². The summed E-state index contributed by atoms with van der Waals surface area (Å²) in [6.45, 7) is 0. The molecule has 0 atom stereocenters. The third kappa shape index (κ3) is 7.20. The van der Waals surface area contributed by atoms with E-state index in [1.165, 1.54) is 24.1 Å². The lowest BCUT2D eigenvalue weighted by atomic mass is 10.1. The molecular weight excluding hydrogens is 678 g/mol. The third-order valence-corrected chi connectivity index (χ3v) is 7.94. The second kappa shape index (κ2) is 13.0. The summed E-state index contributed by atoms with van der Waals surface area (Å²) >= 11 is 19.6. The molecule has 0 N–H and O–H groups in total. The minimum Gasteiger partial charge on any atom is -0.493 e. The Balaban J connectivity index is 1.51. The number of amidine groups is 1. The van der Waals surface area contributed by atoms with E-state index in [9.17, 15) is 28.1 Å². The van der Waals surface area contributed by atoms with Crippen molar-refractivity contribution >= 4 is 80.8 Å². The Labute approximate surface area is 272 Å². The van der Waals surface area contributed by atoms with E-state index in [0.29, 0.717) is 44.3 Å². The van der Waals surface area contributed by atoms with Gasteiger partial charge in [-0.1, -0.05) is 34.8 Å². The molecule has 1 amide bonds. The summed E-state index contributed by atoms with van der Waals surface area (Å²) in [7, 11) is 1.28. The molecule has 0 bridgehead atoms. The Kier molecular flexibility index (Phi) is 9.31. The Hall–Kier alpha value is -4.23. The number of halogens is 6. The predicted molar refractivity (Wildman–Crippen MR) is 169 cm³/mol. The highest BCUT2D eigenvalue weighted by atomic mass is 35.5. The van der Waals surface area contributed by atoms with Gasteiger partial charge in [0.25, 0.3) is 5.91 Å². The summed E-state index contributed by atoms with van der Waals surface area (Å²) in [6, 6.07) is 18.1. The van der Waals surface area contributed by atoms with E-state index in [0.717, 1.165) is 17.8 Å². The van der Waals surface area contributed by atoms with Gasteiger partial charge in [0.05, 0.1) is 38.9 Å². The Morgan fingerprint density at radius 1 is 0.933 bits per heavy atom. The van der Waals surface area contributed by atoms with E-state index in [1.54, 1.807) is 54.6 Å². The van der Waals surface area contributed by atoms with Gasteiger partial charge in [-0.3, -0.25) is 19.8 Å². The van der Waals surface area contributed by atoms with Crippen molar-refractivity contribution in [3.63, 3.8) is 0 Å². The molecule has 1 aliphatic rings. The van der Waals surface area contributed by atoms with Crippen LogP contribution in [0.25, 0.3) is 6.08 Å². The highest BCUT2D eigenvalue weighted by molar-refractivity contribution is 8.19. The molecular formula is C30H17Cl3F3N3O5S. The molecule has 0 aromatic heterocycles. The highest BCUT2D eigenvalue weighted by Gasteiger charge is 2.36. The van der Waals surface area contributed by atoms with Crippen molar-refractivity contribution in [1.29, 1.82) is 0 Å². The molecule has 0 spiro atoms. The largest absolute Gasteiger partial charge is 0.493 e. The molecule has 15 heteroatoms. The normalized spacial score (nSPS) is 15.2. The van der Waals surface area contributed by atoms with Gasteiger partial charge in [-0.2, -0.15) is 13.2 Å². The van der Waals surface area contributed by atoms with Crippen LogP contribution in [-0.4, -0.2) is 23.1 Å². The van der Waals surface area contributed by atoms with Crippen LogP contribution in [0.3, 0.4) is 0 Å². The summed E-state index contributed by atoms with van der Waals surface area (Å²) in [4.78, 5) is 30.5. The van der Waals surface area contributed by atoms with Crippen molar-refractivity contribution in [3.8, 4) is 17.2 Å². The minimum atomic E-state index is -4.80. The number of alkyl halides is 3. The SMILES string of the molecule is COc1cc(/C=C2\SC(=Nc3ccc(Cl)cc3)N(c3ccc(Cl)cc3)C2=O)cc(Cl)c1Oc1ccc(C(F)(F)F)cc1[N+](=O)[O-]. The number of amides is 1. The first-order valence-corrected chi connectivity index (χ1v) is 14.5. The van der Waals surface area contributed by atoms with Gasteiger partial charge in [0, 0.05) is 16.1 Å². The molecule has 0 unspecified atom stereocenters. The van der Waals surface area contributed by atoms with Gasteiger partial charge < -0.3 is 9.47 Å². The number of nitro groups is 1. The van der Waals surface area contributed by atoms with E-state index in [-0.39, 0.29) is 21.4 Å². The number of benzene rings is 4. The molecule has 8 nitrogen and oxygen atoms in total. The maximum Gasteiger partial charge on any atom is 0.416 e. The summed E-state index contributed by atoms with van der Waals surface area (Å²) < 4.78 is 50.4. The lowest BCUT2D eigenvalue weighted by Gasteiger charge is -2.16. The maximum absolute atomic E-state index is 13.7. The Bertz CT molecular complexity index is 1870. The molecule has 1 aliphatic heterocycles. The fourth-order valence-electron chi connectivity index (χ4n) is 4.10. The fourth-order valence-corrected chi connectivity index (χ4v) is 5.61. The Morgan fingerprint density at radius 2 is 1.58 bits per heavy atom. The quantitative estimate of drug-likeness (QED) is 0.109. The first-order valence-electron chi connectivity index (χ1n) is 12.6. The van der Waals surface area contributed by atoms with E-state index < -0.39 is 34.0 Å². The smallest absolute Gasteiger partial charge is 0.416 e. The Morgan fingerprint density at radius 3 is 2.18 bits per heavy atom. The third-order valence-electron chi connectivity index (χ3n) is 6.19. The van der Waals surface area contributed by atoms with E-state index in [1.807, 2.05) is 0 Å². The molecule has 1 fully saturated rings. The topological polar surface area (TPSA) is 94.3 Å². The molecule has 1 heterocycles. The number of nitro benzene ring substituents is 1. The molecule has 5 rings (SSSR count). The van der Waals surface area contributed by atoms with Crippen molar-refractivity contribution in [2.24, 2.45) is 4.99 Å². The van der Waals surface area contributed by atoms with Gasteiger partial charge in [-0.25, -0.2) is 4.99 Å². The number of carbonyl (C=O) groups is 1. The number of aliphatic imine (C=N–C) groups is 1. The number of ether oxygens (including phenoxy) is 2. The van der Waals surface area contributed by atoms with Crippen molar-refractivity contribution in [1.82, 2.24) is 0 Å². The standard InChI is InChI=1S/C30H17Cl3F3N3O5S/c1-43-25-13-16(12-22(33)27(25)44-24-11-2-17(30(34,35)36)15-23(24)39(41)42)14-26-28(40)38(21-9-5-19(32)6-10-21)29(45-26)37-20-7-3-18(31)4-8-20/h2-15H,1H3/b26-14-,37-29?. The highest BCUT2D eigenvalue weighted by Crippen LogP contribution is 2.45. The number of hydrogen-bond donors (Lipinski definition) is 0. The van der Waals surface area contributed by atoms with Gasteiger partial charge in [0.2, 0.25) is 5.75 Å². The van der Waals surface area contributed by atoms with E-state index >= 15 is 0 Å². The fraction of sp³-hybridized carbons (Fsp3) is 0.0667. The van der Waals surface area contributed by atoms with Gasteiger partial charge >= 0.3 is 11.9 Å². The summed E-state index contributed by atoms with van der Waals surface area (Å²) in [5.74, 6) is -1.06. The first-order chi connectivity index (χ1) is 21.3. The number of methoxy groups -OCH3 is 1. The molecule has 45 heavy (non-hydrogen) atoms. The number of thioether (sulfide) groups is 1. The van der Waals surface area contributed by atoms with Crippen molar-refractivity contribution in [3.05, 3.63) is 120 Å². The molecule has 1 saturated heterocycles. The number of rotatable bonds is 7. The lowest BCUT2D eigenvalue weighted by molar-refractivity contribution is -0.385. The van der Waals surface area contributed by atoms with Crippen LogP contribution in [-0.2, 0) is 11.0 Å². The van der Waals surface area contributed by atoms with Crippen LogP contribution in [0.15, 0.2) is 88.8 Å². The van der Waals surface area contributed by atoms with Crippen LogP contribution < -0.4 is 14.4 Å². The molecule has 4 aromatic carbocycles. The van der Waals surface area contributed by atoms with Gasteiger partial charge in [0.15, 0.2) is 16.7 Å². The molecule has 0 saturated carbocycles. The van der Waals surface area contributed by atoms with E-state index in [4.69, 9.17) is 44.3 Å². The summed E-state index contributed by atoms with van der Waals surface area (Å²) in [5.41, 5.74) is -0.668. The van der Waals surface area contributed by atoms with Gasteiger partial charge in [-0.15, -0.1) is 0 Å². The molecule has 4 aromatic rings. The molecule has 230 valence electrons. The van der Waals surface area contributed by atoms with Crippen molar-refractivity contribution in [2.45, 2.75) is 6.18 Å². The number of anilines is 1. The van der Waals surface area contributed by atoms with Crippen LogP contribution >= 0.6 is 46.6 Å². The monoisotopic (exact) mass is 693 g/mol. The summed E-state index contributed by atoms with van der Waals surface area (Å²) in [5, 5.41) is 12.8. The average Bonchev–Trinajstić information content (AvgIpc) is 3.29. The van der Waals surface area contributed by atoms with Crippen molar-refractivity contribution in [2.75, 3.05) is 12.0 Å².